The van der Waals surface area contributed by atoms with Gasteiger partial charge in [0.25, 0.3) is 5.91 Å². The fraction of sp³-hybridized carbons (Fsp3) is 0.381. The summed E-state index contributed by atoms with van der Waals surface area (Å²) in [5, 5.41) is 2.78. The highest BCUT2D eigenvalue weighted by Crippen LogP contribution is 2.20. The van der Waals surface area contributed by atoms with Crippen molar-refractivity contribution in [2.24, 2.45) is 5.92 Å². The van der Waals surface area contributed by atoms with Gasteiger partial charge in [-0.1, -0.05) is 13.8 Å². The van der Waals surface area contributed by atoms with Crippen LogP contribution in [0.1, 0.15) is 24.2 Å². The van der Waals surface area contributed by atoms with Gasteiger partial charge in [-0.2, -0.15) is 4.31 Å². The molecule has 0 aliphatic carbocycles. The lowest BCUT2D eigenvalue weighted by Gasteiger charge is -2.26. The van der Waals surface area contributed by atoms with E-state index < -0.39 is 10.0 Å². The third kappa shape index (κ3) is 5.56. The molecule has 0 saturated carbocycles. The van der Waals surface area contributed by atoms with E-state index in [1.54, 1.807) is 36.4 Å². The summed E-state index contributed by atoms with van der Waals surface area (Å²) in [6.07, 6.45) is 0. The van der Waals surface area contributed by atoms with Gasteiger partial charge in [-0.3, -0.25) is 4.79 Å². The van der Waals surface area contributed by atoms with Crippen LogP contribution in [0.15, 0.2) is 53.4 Å². The molecular weight excluding hydrogens is 392 g/mol. The molecule has 7 nitrogen and oxygen atoms in total. The van der Waals surface area contributed by atoms with Crippen molar-refractivity contribution in [3.05, 3.63) is 54.1 Å². The second-order valence-corrected chi connectivity index (χ2v) is 9.16. The Hall–Kier alpha value is -2.42. The molecule has 0 unspecified atom stereocenters. The van der Waals surface area contributed by atoms with E-state index in [1.165, 1.54) is 16.4 Å². The van der Waals surface area contributed by atoms with Crippen LogP contribution in [0.3, 0.4) is 0 Å². The van der Waals surface area contributed by atoms with E-state index in [0.717, 1.165) is 0 Å². The minimum Gasteiger partial charge on any atom is -0.493 e. The third-order valence-electron chi connectivity index (χ3n) is 4.42. The van der Waals surface area contributed by atoms with Gasteiger partial charge in [0.1, 0.15) is 5.75 Å². The number of ether oxygens (including phenoxy) is 2. The molecule has 1 amide bonds. The largest absolute Gasteiger partial charge is 0.493 e. The molecule has 29 heavy (non-hydrogen) atoms. The molecule has 1 aliphatic heterocycles. The highest BCUT2D eigenvalue weighted by atomic mass is 32.2. The highest BCUT2D eigenvalue weighted by molar-refractivity contribution is 7.89. The first-order valence-electron chi connectivity index (χ1n) is 9.58. The average molecular weight is 419 g/mol. The van der Waals surface area contributed by atoms with Crippen LogP contribution in [-0.4, -0.2) is 51.5 Å². The molecule has 156 valence electrons. The van der Waals surface area contributed by atoms with Crippen LogP contribution in [0.2, 0.25) is 0 Å². The fourth-order valence-corrected chi connectivity index (χ4v) is 4.22. The lowest BCUT2D eigenvalue weighted by atomic mass is 10.2. The van der Waals surface area contributed by atoms with Crippen LogP contribution in [0, 0.1) is 5.92 Å². The second kappa shape index (κ2) is 9.39. The number of rotatable bonds is 7. The van der Waals surface area contributed by atoms with E-state index >= 15 is 0 Å². The number of nitrogens with zero attached hydrogens (tertiary/aromatic N) is 1. The number of hydrogen-bond donors (Lipinski definition) is 1. The Labute approximate surface area is 171 Å². The molecule has 0 spiro atoms. The Bertz CT molecular complexity index is 919. The van der Waals surface area contributed by atoms with Crippen molar-refractivity contribution in [1.29, 1.82) is 0 Å². The molecule has 1 saturated heterocycles. The van der Waals surface area contributed by atoms with Gasteiger partial charge in [-0.25, -0.2) is 8.42 Å². The minimum absolute atomic E-state index is 0.198. The van der Waals surface area contributed by atoms with Gasteiger partial charge in [0.15, 0.2) is 0 Å². The molecule has 0 bridgehead atoms. The molecule has 1 heterocycles. The highest BCUT2D eigenvalue weighted by Gasteiger charge is 2.26. The predicted octanol–water partition coefficient (Wildman–Crippen LogP) is 2.99. The zero-order valence-corrected chi connectivity index (χ0v) is 17.4. The Morgan fingerprint density at radius 2 is 1.69 bits per heavy atom. The Morgan fingerprint density at radius 1 is 1.07 bits per heavy atom. The Kier molecular flexibility index (Phi) is 6.89. The van der Waals surface area contributed by atoms with Crippen molar-refractivity contribution in [2.75, 3.05) is 38.2 Å². The van der Waals surface area contributed by atoms with Crippen molar-refractivity contribution >= 4 is 21.6 Å². The summed E-state index contributed by atoms with van der Waals surface area (Å²) in [6.45, 7) is 6.24. The summed E-state index contributed by atoms with van der Waals surface area (Å²) in [4.78, 5) is 12.6. The lowest BCUT2D eigenvalue weighted by molar-refractivity contribution is 0.0730. The SMILES string of the molecule is CC(C)COc1ccc(C(=O)Nc2ccc(S(=O)(=O)N3CCOCC3)cc2)cc1. The van der Waals surface area contributed by atoms with E-state index in [1.807, 2.05) is 0 Å². The van der Waals surface area contributed by atoms with Crippen LogP contribution in [0.25, 0.3) is 0 Å². The number of morpholine rings is 1. The summed E-state index contributed by atoms with van der Waals surface area (Å²) < 4.78 is 37.5. The normalized spacial score (nSPS) is 15.3. The first-order valence-corrected chi connectivity index (χ1v) is 11.0. The van der Waals surface area contributed by atoms with Crippen molar-refractivity contribution in [2.45, 2.75) is 18.7 Å². The summed E-state index contributed by atoms with van der Waals surface area (Å²) in [6, 6.07) is 13.1. The fourth-order valence-electron chi connectivity index (χ4n) is 2.81. The number of benzene rings is 2. The van der Waals surface area contributed by atoms with Gasteiger partial charge in [-0.15, -0.1) is 0 Å². The number of anilines is 1. The maximum absolute atomic E-state index is 12.6. The zero-order chi connectivity index (χ0) is 20.9. The number of nitrogens with one attached hydrogen (secondary N) is 1. The molecule has 8 heteroatoms. The predicted molar refractivity (Wildman–Crippen MR) is 111 cm³/mol. The van der Waals surface area contributed by atoms with Crippen LogP contribution < -0.4 is 10.1 Å². The number of amides is 1. The molecule has 1 fully saturated rings. The molecule has 0 aromatic heterocycles. The van der Waals surface area contributed by atoms with Gasteiger partial charge in [0.2, 0.25) is 10.0 Å². The second-order valence-electron chi connectivity index (χ2n) is 7.22. The van der Waals surface area contributed by atoms with Gasteiger partial charge >= 0.3 is 0 Å². The summed E-state index contributed by atoms with van der Waals surface area (Å²) >= 11 is 0. The monoisotopic (exact) mass is 418 g/mol. The quantitative estimate of drug-likeness (QED) is 0.747. The van der Waals surface area contributed by atoms with E-state index in [2.05, 4.69) is 19.2 Å². The maximum atomic E-state index is 12.6. The molecule has 2 aromatic rings. The third-order valence-corrected chi connectivity index (χ3v) is 6.33. The molecule has 3 rings (SSSR count). The molecule has 1 aliphatic rings. The van der Waals surface area contributed by atoms with Crippen molar-refractivity contribution in [1.82, 2.24) is 4.31 Å². The van der Waals surface area contributed by atoms with Gasteiger partial charge in [0, 0.05) is 24.3 Å². The minimum atomic E-state index is -3.55. The average Bonchev–Trinajstić information content (AvgIpc) is 2.73. The van der Waals surface area contributed by atoms with Crippen LogP contribution >= 0.6 is 0 Å². The van der Waals surface area contributed by atoms with E-state index in [0.29, 0.717) is 55.8 Å². The van der Waals surface area contributed by atoms with Crippen molar-refractivity contribution < 1.29 is 22.7 Å². The van der Waals surface area contributed by atoms with Crippen LogP contribution in [0.5, 0.6) is 5.75 Å². The standard InChI is InChI=1S/C21H26N2O5S/c1-16(2)15-28-19-7-3-17(4-8-19)21(24)22-18-5-9-20(10-6-18)29(25,26)23-11-13-27-14-12-23/h3-10,16H,11-15H2,1-2H3,(H,22,24). The van der Waals surface area contributed by atoms with Crippen LogP contribution in [-0.2, 0) is 14.8 Å². The smallest absolute Gasteiger partial charge is 0.255 e. The molecule has 1 N–H and O–H groups in total. The van der Waals surface area contributed by atoms with E-state index in [9.17, 15) is 13.2 Å². The number of carbonyl (C=O) groups is 1. The Morgan fingerprint density at radius 3 is 2.28 bits per heavy atom. The first-order chi connectivity index (χ1) is 13.9. The summed E-state index contributed by atoms with van der Waals surface area (Å²) in [5.74, 6) is 0.866. The first kappa shape index (κ1) is 21.3. The number of carbonyl (C=O) groups excluding carboxylic acids is 1. The Balaban J connectivity index is 1.62. The molecular formula is C21H26N2O5S. The van der Waals surface area contributed by atoms with Crippen molar-refractivity contribution in [3.63, 3.8) is 0 Å². The summed E-state index contributed by atoms with van der Waals surface area (Å²) in [7, 11) is -3.55. The number of hydrogen-bond acceptors (Lipinski definition) is 5. The molecule has 2 aromatic carbocycles. The van der Waals surface area contributed by atoms with Gasteiger partial charge < -0.3 is 14.8 Å². The topological polar surface area (TPSA) is 84.9 Å². The summed E-state index contributed by atoms with van der Waals surface area (Å²) in [5.41, 5.74) is 1.02. The number of sulfonamides is 1. The van der Waals surface area contributed by atoms with Gasteiger partial charge in [0.05, 0.1) is 24.7 Å². The van der Waals surface area contributed by atoms with E-state index in [-0.39, 0.29) is 10.8 Å². The molecule has 0 atom stereocenters. The lowest BCUT2D eigenvalue weighted by Crippen LogP contribution is -2.40. The van der Waals surface area contributed by atoms with E-state index in [4.69, 9.17) is 9.47 Å². The zero-order valence-electron chi connectivity index (χ0n) is 16.6. The van der Waals surface area contributed by atoms with Gasteiger partial charge in [-0.05, 0) is 54.4 Å². The van der Waals surface area contributed by atoms with Crippen molar-refractivity contribution in [3.8, 4) is 5.75 Å². The maximum Gasteiger partial charge on any atom is 0.255 e. The van der Waals surface area contributed by atoms with Crippen LogP contribution in [0.4, 0.5) is 5.69 Å². The molecule has 0 radical (unpaired) electrons.